The van der Waals surface area contributed by atoms with Gasteiger partial charge in [0.15, 0.2) is 0 Å². The predicted octanol–water partition coefficient (Wildman–Crippen LogP) is 3.41. The second-order valence-corrected chi connectivity index (χ2v) is 6.19. The summed E-state index contributed by atoms with van der Waals surface area (Å²) in [4.78, 5) is 2.57. The molecule has 20 heavy (non-hydrogen) atoms. The minimum atomic E-state index is 0.574. The van der Waals surface area contributed by atoms with Crippen LogP contribution in [0.2, 0.25) is 0 Å². The average molecular weight is 272 g/mol. The van der Waals surface area contributed by atoms with Crippen LogP contribution < -0.4 is 5.32 Å². The molecule has 1 N–H and O–H groups in total. The Hall–Kier alpha value is -1.12. The molecule has 1 aliphatic rings. The van der Waals surface area contributed by atoms with Crippen molar-refractivity contribution >= 4 is 5.57 Å². The van der Waals surface area contributed by atoms with Gasteiger partial charge in [0.1, 0.15) is 0 Å². The summed E-state index contributed by atoms with van der Waals surface area (Å²) in [5.41, 5.74) is 2.50. The van der Waals surface area contributed by atoms with Gasteiger partial charge in [0.05, 0.1) is 0 Å². The van der Waals surface area contributed by atoms with Crippen molar-refractivity contribution in [1.29, 1.82) is 0 Å². The smallest absolute Gasteiger partial charge is 0.0236 e. The Bertz CT molecular complexity index is 405. The molecule has 1 aliphatic heterocycles. The molecular formula is C18H28N2. The van der Waals surface area contributed by atoms with Gasteiger partial charge in [-0.1, -0.05) is 36.9 Å². The summed E-state index contributed by atoms with van der Waals surface area (Å²) in [5.74, 6) is 0.835. The van der Waals surface area contributed by atoms with Crippen LogP contribution in [0.5, 0.6) is 0 Å². The van der Waals surface area contributed by atoms with E-state index in [0.717, 1.165) is 12.5 Å². The molecule has 0 radical (unpaired) electrons. The lowest BCUT2D eigenvalue weighted by molar-refractivity contribution is 0.189. The molecule has 1 aromatic rings. The molecule has 0 saturated carbocycles. The van der Waals surface area contributed by atoms with E-state index >= 15 is 0 Å². The summed E-state index contributed by atoms with van der Waals surface area (Å²) in [6.45, 7) is 13.4. The summed E-state index contributed by atoms with van der Waals surface area (Å²) in [6, 6.07) is 11.1. The highest BCUT2D eigenvalue weighted by atomic mass is 15.1. The summed E-state index contributed by atoms with van der Waals surface area (Å²) >= 11 is 0. The van der Waals surface area contributed by atoms with Crippen LogP contribution in [0.3, 0.4) is 0 Å². The first-order valence-electron chi connectivity index (χ1n) is 7.84. The zero-order chi connectivity index (χ0) is 14.4. The lowest BCUT2D eigenvalue weighted by atomic mass is 9.96. The van der Waals surface area contributed by atoms with Gasteiger partial charge < -0.3 is 5.32 Å². The van der Waals surface area contributed by atoms with Gasteiger partial charge in [-0.25, -0.2) is 0 Å². The van der Waals surface area contributed by atoms with Crippen molar-refractivity contribution in [2.75, 3.05) is 26.2 Å². The minimum absolute atomic E-state index is 0.574. The summed E-state index contributed by atoms with van der Waals surface area (Å²) < 4.78 is 0. The van der Waals surface area contributed by atoms with Crippen LogP contribution in [0.1, 0.15) is 32.3 Å². The van der Waals surface area contributed by atoms with Crippen molar-refractivity contribution in [2.24, 2.45) is 5.92 Å². The predicted molar refractivity (Wildman–Crippen MR) is 87.8 cm³/mol. The third-order valence-corrected chi connectivity index (χ3v) is 4.26. The van der Waals surface area contributed by atoms with Gasteiger partial charge in [-0.3, -0.25) is 4.90 Å². The first-order valence-corrected chi connectivity index (χ1v) is 7.84. The van der Waals surface area contributed by atoms with Crippen molar-refractivity contribution in [1.82, 2.24) is 10.2 Å². The van der Waals surface area contributed by atoms with Gasteiger partial charge in [-0.15, -0.1) is 0 Å². The van der Waals surface area contributed by atoms with Gasteiger partial charge in [0.2, 0.25) is 0 Å². The highest BCUT2D eigenvalue weighted by Crippen LogP contribution is 2.19. The third kappa shape index (κ3) is 4.46. The molecule has 0 aromatic heterocycles. The maximum absolute atomic E-state index is 4.29. The zero-order valence-corrected chi connectivity index (χ0v) is 12.9. The molecule has 1 aromatic carbocycles. The normalized spacial score (nSPS) is 16.8. The first kappa shape index (κ1) is 15.3. The Morgan fingerprint density at radius 2 is 1.90 bits per heavy atom. The Morgan fingerprint density at radius 3 is 2.50 bits per heavy atom. The van der Waals surface area contributed by atoms with Gasteiger partial charge in [0, 0.05) is 19.1 Å². The highest BCUT2D eigenvalue weighted by molar-refractivity contribution is 5.64. The highest BCUT2D eigenvalue weighted by Gasteiger charge is 2.19. The Morgan fingerprint density at radius 1 is 1.25 bits per heavy atom. The van der Waals surface area contributed by atoms with E-state index in [-0.39, 0.29) is 0 Å². The SMILES string of the molecule is C=C(CN(CC1CCNCC1)C(C)C)c1ccccc1. The van der Waals surface area contributed by atoms with E-state index in [1.807, 2.05) is 0 Å². The molecule has 2 rings (SSSR count). The molecule has 1 saturated heterocycles. The molecule has 0 spiro atoms. The Balaban J connectivity index is 1.93. The molecular weight excluding hydrogens is 244 g/mol. The summed E-state index contributed by atoms with van der Waals surface area (Å²) in [7, 11) is 0. The van der Waals surface area contributed by atoms with Crippen LogP contribution in [0.15, 0.2) is 36.9 Å². The topological polar surface area (TPSA) is 15.3 Å². The molecule has 2 heteroatoms. The van der Waals surface area contributed by atoms with E-state index < -0.39 is 0 Å². The molecule has 0 amide bonds. The fourth-order valence-corrected chi connectivity index (χ4v) is 2.86. The lowest BCUT2D eigenvalue weighted by Crippen LogP contribution is -2.40. The summed E-state index contributed by atoms with van der Waals surface area (Å²) in [6.07, 6.45) is 2.61. The Kier molecular flexibility index (Phi) is 5.81. The van der Waals surface area contributed by atoms with E-state index in [9.17, 15) is 0 Å². The average Bonchev–Trinajstić information content (AvgIpc) is 2.48. The van der Waals surface area contributed by atoms with Crippen LogP contribution >= 0.6 is 0 Å². The van der Waals surface area contributed by atoms with E-state index in [0.29, 0.717) is 6.04 Å². The number of piperidine rings is 1. The molecule has 1 heterocycles. The second kappa shape index (κ2) is 7.61. The van der Waals surface area contributed by atoms with Crippen molar-refractivity contribution in [3.8, 4) is 0 Å². The fraction of sp³-hybridized carbons (Fsp3) is 0.556. The van der Waals surface area contributed by atoms with Gasteiger partial charge in [-0.05, 0) is 56.8 Å². The van der Waals surface area contributed by atoms with Crippen molar-refractivity contribution in [3.05, 3.63) is 42.5 Å². The maximum Gasteiger partial charge on any atom is 0.0236 e. The standard InChI is InChI=1S/C18H28N2/c1-15(2)20(14-17-9-11-19-12-10-17)13-16(3)18-7-5-4-6-8-18/h4-8,15,17,19H,3,9-14H2,1-2H3. The maximum atomic E-state index is 4.29. The second-order valence-electron chi connectivity index (χ2n) is 6.19. The molecule has 0 aliphatic carbocycles. The summed E-state index contributed by atoms with van der Waals surface area (Å²) in [5, 5.41) is 3.45. The monoisotopic (exact) mass is 272 g/mol. The lowest BCUT2D eigenvalue weighted by Gasteiger charge is -2.33. The van der Waals surface area contributed by atoms with E-state index in [2.05, 4.69) is 61.0 Å². The van der Waals surface area contributed by atoms with Crippen molar-refractivity contribution in [2.45, 2.75) is 32.7 Å². The molecule has 0 unspecified atom stereocenters. The first-order chi connectivity index (χ1) is 9.66. The fourth-order valence-electron chi connectivity index (χ4n) is 2.86. The molecule has 2 nitrogen and oxygen atoms in total. The molecule has 1 fully saturated rings. The molecule has 0 atom stereocenters. The van der Waals surface area contributed by atoms with Crippen LogP contribution in [0, 0.1) is 5.92 Å². The van der Waals surface area contributed by atoms with E-state index in [1.165, 1.54) is 43.6 Å². The third-order valence-electron chi connectivity index (χ3n) is 4.26. The zero-order valence-electron chi connectivity index (χ0n) is 12.9. The molecule has 110 valence electrons. The van der Waals surface area contributed by atoms with E-state index in [1.54, 1.807) is 0 Å². The van der Waals surface area contributed by atoms with Crippen LogP contribution in [0.25, 0.3) is 5.57 Å². The quantitative estimate of drug-likeness (QED) is 0.853. The van der Waals surface area contributed by atoms with Crippen LogP contribution in [0.4, 0.5) is 0 Å². The number of hydrogen-bond acceptors (Lipinski definition) is 2. The number of benzene rings is 1. The van der Waals surface area contributed by atoms with Gasteiger partial charge >= 0.3 is 0 Å². The number of rotatable bonds is 6. The largest absolute Gasteiger partial charge is 0.317 e. The molecule has 0 bridgehead atoms. The number of nitrogens with zero attached hydrogens (tertiary/aromatic N) is 1. The van der Waals surface area contributed by atoms with Crippen LogP contribution in [-0.4, -0.2) is 37.1 Å². The number of nitrogens with one attached hydrogen (secondary N) is 1. The Labute approximate surface area is 123 Å². The van der Waals surface area contributed by atoms with E-state index in [4.69, 9.17) is 0 Å². The van der Waals surface area contributed by atoms with Crippen molar-refractivity contribution < 1.29 is 0 Å². The van der Waals surface area contributed by atoms with Gasteiger partial charge in [0.25, 0.3) is 0 Å². The van der Waals surface area contributed by atoms with Gasteiger partial charge in [-0.2, -0.15) is 0 Å². The minimum Gasteiger partial charge on any atom is -0.317 e. The van der Waals surface area contributed by atoms with Crippen molar-refractivity contribution in [3.63, 3.8) is 0 Å². The number of hydrogen-bond donors (Lipinski definition) is 1. The van der Waals surface area contributed by atoms with Crippen LogP contribution in [-0.2, 0) is 0 Å².